The monoisotopic (exact) mass is 443 g/mol. The molecule has 172 valence electrons. The van der Waals surface area contributed by atoms with Crippen molar-refractivity contribution in [1.82, 2.24) is 15.5 Å². The number of amides is 1. The summed E-state index contributed by atoms with van der Waals surface area (Å²) >= 11 is 0. The van der Waals surface area contributed by atoms with Crippen LogP contribution in [0.4, 0.5) is 0 Å². The Morgan fingerprint density at radius 3 is 2.24 bits per heavy atom. The molecule has 5 nitrogen and oxygen atoms in total. The molecule has 1 amide bonds. The molecule has 4 rings (SSSR count). The van der Waals surface area contributed by atoms with Crippen LogP contribution < -0.4 is 15.4 Å². The van der Waals surface area contributed by atoms with Crippen molar-refractivity contribution in [1.29, 1.82) is 0 Å². The van der Waals surface area contributed by atoms with Gasteiger partial charge < -0.3 is 15.4 Å². The third-order valence-corrected chi connectivity index (χ3v) is 6.05. The Bertz CT molecular complexity index is 993. The van der Waals surface area contributed by atoms with Crippen molar-refractivity contribution in [2.24, 2.45) is 0 Å². The van der Waals surface area contributed by atoms with Gasteiger partial charge in [-0.3, -0.25) is 9.69 Å². The number of likely N-dealkylation sites (N-methyl/N-ethyl adjacent to an activating group) is 1. The first kappa shape index (κ1) is 23.0. The Hall–Kier alpha value is -3.15. The first-order chi connectivity index (χ1) is 16.2. The number of benzene rings is 3. The van der Waals surface area contributed by atoms with Gasteiger partial charge in [0.05, 0.1) is 6.04 Å². The van der Waals surface area contributed by atoms with Crippen LogP contribution in [0, 0.1) is 0 Å². The molecule has 0 unspecified atom stereocenters. The van der Waals surface area contributed by atoms with E-state index in [9.17, 15) is 4.79 Å². The predicted octanol–water partition coefficient (Wildman–Crippen LogP) is 4.13. The lowest BCUT2D eigenvalue weighted by Gasteiger charge is -2.23. The Morgan fingerprint density at radius 1 is 0.909 bits per heavy atom. The van der Waals surface area contributed by atoms with Gasteiger partial charge in [-0.25, -0.2) is 0 Å². The van der Waals surface area contributed by atoms with Gasteiger partial charge in [0.15, 0.2) is 0 Å². The number of nitrogens with one attached hydrogen (secondary N) is 2. The van der Waals surface area contributed by atoms with Crippen molar-refractivity contribution in [2.45, 2.75) is 45.1 Å². The SMILES string of the molecule is CCNC(=O)[C@@H]1C[C@H](NCc2ccc(OCc3ccccc3)cc2)CN1Cc1ccccc1. The molecule has 0 bridgehead atoms. The van der Waals surface area contributed by atoms with Crippen LogP contribution in [0.1, 0.15) is 30.0 Å². The van der Waals surface area contributed by atoms with Crippen LogP contribution in [0.2, 0.25) is 0 Å². The average Bonchev–Trinajstić information content (AvgIpc) is 3.26. The Balaban J connectivity index is 1.30. The van der Waals surface area contributed by atoms with E-state index >= 15 is 0 Å². The zero-order valence-corrected chi connectivity index (χ0v) is 19.2. The van der Waals surface area contributed by atoms with Gasteiger partial charge >= 0.3 is 0 Å². The van der Waals surface area contributed by atoms with Crippen LogP contribution in [0.25, 0.3) is 0 Å². The Kier molecular flexibility index (Phi) is 8.12. The third-order valence-electron chi connectivity index (χ3n) is 6.05. The van der Waals surface area contributed by atoms with Crippen LogP contribution in [0.5, 0.6) is 5.75 Å². The number of hydrogen-bond acceptors (Lipinski definition) is 4. The molecule has 33 heavy (non-hydrogen) atoms. The summed E-state index contributed by atoms with van der Waals surface area (Å²) in [5.41, 5.74) is 3.60. The molecule has 1 aliphatic rings. The second-order valence-corrected chi connectivity index (χ2v) is 8.56. The minimum Gasteiger partial charge on any atom is -0.489 e. The molecule has 0 spiro atoms. The Morgan fingerprint density at radius 2 is 1.58 bits per heavy atom. The molecule has 1 aliphatic heterocycles. The zero-order chi connectivity index (χ0) is 22.9. The van der Waals surface area contributed by atoms with E-state index in [2.05, 4.69) is 64.1 Å². The molecule has 3 aromatic carbocycles. The van der Waals surface area contributed by atoms with Gasteiger partial charge in [-0.2, -0.15) is 0 Å². The van der Waals surface area contributed by atoms with Gasteiger partial charge in [0.25, 0.3) is 0 Å². The van der Waals surface area contributed by atoms with Crippen LogP contribution >= 0.6 is 0 Å². The van der Waals surface area contributed by atoms with Gasteiger partial charge in [-0.15, -0.1) is 0 Å². The number of ether oxygens (including phenoxy) is 1. The molecule has 3 aromatic rings. The number of nitrogens with zero attached hydrogens (tertiary/aromatic N) is 1. The highest BCUT2D eigenvalue weighted by Crippen LogP contribution is 2.22. The van der Waals surface area contributed by atoms with Crippen molar-refractivity contribution < 1.29 is 9.53 Å². The van der Waals surface area contributed by atoms with Crippen molar-refractivity contribution in [3.8, 4) is 5.75 Å². The van der Waals surface area contributed by atoms with Crippen molar-refractivity contribution >= 4 is 5.91 Å². The van der Waals surface area contributed by atoms with Crippen LogP contribution in [-0.4, -0.2) is 36.0 Å². The van der Waals surface area contributed by atoms with E-state index in [0.717, 1.165) is 37.4 Å². The normalized spacial score (nSPS) is 18.2. The van der Waals surface area contributed by atoms with Gasteiger partial charge in [-0.05, 0) is 42.2 Å². The van der Waals surface area contributed by atoms with E-state index in [1.165, 1.54) is 11.1 Å². The Labute approximate surface area is 196 Å². The highest BCUT2D eigenvalue weighted by atomic mass is 16.5. The average molecular weight is 444 g/mol. The van der Waals surface area contributed by atoms with Crippen LogP contribution in [-0.2, 0) is 24.5 Å². The molecule has 0 aromatic heterocycles. The summed E-state index contributed by atoms with van der Waals surface area (Å²) in [4.78, 5) is 15.0. The smallest absolute Gasteiger partial charge is 0.237 e. The van der Waals surface area contributed by atoms with Crippen molar-refractivity contribution in [3.05, 3.63) is 102 Å². The molecule has 2 N–H and O–H groups in total. The lowest BCUT2D eigenvalue weighted by molar-refractivity contribution is -0.125. The van der Waals surface area contributed by atoms with Gasteiger partial charge in [0, 0.05) is 32.2 Å². The number of hydrogen-bond donors (Lipinski definition) is 2. The van der Waals surface area contributed by atoms with Gasteiger partial charge in [0.2, 0.25) is 5.91 Å². The topological polar surface area (TPSA) is 53.6 Å². The molecule has 1 heterocycles. The second-order valence-electron chi connectivity index (χ2n) is 8.56. The molecular weight excluding hydrogens is 410 g/mol. The molecule has 1 saturated heterocycles. The molecule has 0 aliphatic carbocycles. The summed E-state index contributed by atoms with van der Waals surface area (Å²) in [5.74, 6) is 0.992. The summed E-state index contributed by atoms with van der Waals surface area (Å²) in [6, 6.07) is 29.0. The molecule has 2 atom stereocenters. The van der Waals surface area contributed by atoms with E-state index < -0.39 is 0 Å². The predicted molar refractivity (Wildman–Crippen MR) is 132 cm³/mol. The molecule has 5 heteroatoms. The van der Waals surface area contributed by atoms with Crippen molar-refractivity contribution in [3.63, 3.8) is 0 Å². The highest BCUT2D eigenvalue weighted by molar-refractivity contribution is 5.82. The fourth-order valence-corrected chi connectivity index (χ4v) is 4.32. The van der Waals surface area contributed by atoms with Gasteiger partial charge in [-0.1, -0.05) is 72.8 Å². The number of carbonyl (C=O) groups excluding carboxylic acids is 1. The summed E-state index contributed by atoms with van der Waals surface area (Å²) in [6.07, 6.45) is 0.816. The molecule has 1 fully saturated rings. The molecule has 0 radical (unpaired) electrons. The molecular formula is C28H33N3O2. The maximum absolute atomic E-state index is 12.7. The second kappa shape index (κ2) is 11.6. The maximum atomic E-state index is 12.7. The minimum absolute atomic E-state index is 0.101. The first-order valence-corrected chi connectivity index (χ1v) is 11.8. The number of rotatable bonds is 10. The van der Waals surface area contributed by atoms with E-state index in [0.29, 0.717) is 13.2 Å². The summed E-state index contributed by atoms with van der Waals surface area (Å²) in [5, 5.41) is 6.66. The fraction of sp³-hybridized carbons (Fsp3) is 0.321. The van der Waals surface area contributed by atoms with E-state index in [4.69, 9.17) is 4.74 Å². The third kappa shape index (κ3) is 6.67. The van der Waals surface area contributed by atoms with Crippen LogP contribution in [0.3, 0.4) is 0 Å². The molecule has 0 saturated carbocycles. The largest absolute Gasteiger partial charge is 0.489 e. The van der Waals surface area contributed by atoms with Crippen LogP contribution in [0.15, 0.2) is 84.9 Å². The van der Waals surface area contributed by atoms with E-state index in [1.807, 2.05) is 43.3 Å². The number of carbonyl (C=O) groups is 1. The minimum atomic E-state index is -0.101. The summed E-state index contributed by atoms with van der Waals surface area (Å²) < 4.78 is 5.89. The standard InChI is InChI=1S/C28H33N3O2/c1-2-29-28(32)27-17-25(20-31(27)19-23-9-5-3-6-10-23)30-18-22-13-15-26(16-14-22)33-21-24-11-7-4-8-12-24/h3-16,25,27,30H,2,17-21H2,1H3,(H,29,32)/t25-,27-/m0/s1. The lowest BCUT2D eigenvalue weighted by Crippen LogP contribution is -2.42. The highest BCUT2D eigenvalue weighted by Gasteiger charge is 2.36. The maximum Gasteiger partial charge on any atom is 0.237 e. The van der Waals surface area contributed by atoms with E-state index in [1.54, 1.807) is 0 Å². The lowest BCUT2D eigenvalue weighted by atomic mass is 10.1. The summed E-state index contributed by atoms with van der Waals surface area (Å²) in [7, 11) is 0. The van der Waals surface area contributed by atoms with E-state index in [-0.39, 0.29) is 18.0 Å². The van der Waals surface area contributed by atoms with Gasteiger partial charge in [0.1, 0.15) is 12.4 Å². The summed E-state index contributed by atoms with van der Waals surface area (Å²) in [6.45, 7) is 5.61. The fourth-order valence-electron chi connectivity index (χ4n) is 4.32. The quantitative estimate of drug-likeness (QED) is 0.495. The first-order valence-electron chi connectivity index (χ1n) is 11.8. The zero-order valence-electron chi connectivity index (χ0n) is 19.2. The van der Waals surface area contributed by atoms with Crippen molar-refractivity contribution in [2.75, 3.05) is 13.1 Å². The number of likely N-dealkylation sites (tertiary alicyclic amines) is 1.